The van der Waals surface area contributed by atoms with Gasteiger partial charge in [-0.25, -0.2) is 0 Å². The summed E-state index contributed by atoms with van der Waals surface area (Å²) in [4.78, 5) is 0. The second-order valence-electron chi connectivity index (χ2n) is 1.73. The zero-order valence-corrected chi connectivity index (χ0v) is 18.4. The molecule has 0 N–H and O–H groups in total. The summed E-state index contributed by atoms with van der Waals surface area (Å²) >= 11 is 21.7. The molecule has 0 atom stereocenters. The molecule has 0 aromatic heterocycles. The van der Waals surface area contributed by atoms with Crippen LogP contribution in [0.1, 0.15) is 0 Å². The molecule has 0 amide bonds. The quantitative estimate of drug-likeness (QED) is 0.367. The first kappa shape index (κ1) is 14.0. The topological polar surface area (TPSA) is 0 Å². The number of rotatable bonds is 3. The fourth-order valence-corrected chi connectivity index (χ4v) is 39.8. The summed E-state index contributed by atoms with van der Waals surface area (Å²) in [5, 5.41) is 2.42. The van der Waals surface area contributed by atoms with Gasteiger partial charge in [0.05, 0.1) is 0 Å². The van der Waals surface area contributed by atoms with Crippen LogP contribution in [0, 0.1) is 0 Å². The Morgan fingerprint density at radius 3 is 0.900 bits per heavy atom. The Morgan fingerprint density at radius 1 is 0.600 bits per heavy atom. The first-order valence-corrected chi connectivity index (χ1v) is 34.8. The van der Waals surface area contributed by atoms with E-state index in [1.807, 2.05) is 0 Å². The third kappa shape index (κ3) is 12.0. The van der Waals surface area contributed by atoms with E-state index in [4.69, 9.17) is 0 Å². The van der Waals surface area contributed by atoms with Gasteiger partial charge in [-0.2, -0.15) is 0 Å². The van der Waals surface area contributed by atoms with Crippen molar-refractivity contribution in [3.63, 3.8) is 0 Å². The molecule has 0 aromatic carbocycles. The summed E-state index contributed by atoms with van der Waals surface area (Å²) in [7, 11) is -3.64. The molecule has 0 fully saturated rings. The van der Waals surface area contributed by atoms with Crippen LogP contribution in [-0.4, -0.2) is 15.5 Å². The summed E-state index contributed by atoms with van der Waals surface area (Å²) in [5.74, 6) is 0. The molecule has 0 saturated heterocycles. The molecule has 0 rings (SSSR count). The Kier molecular flexibility index (Phi) is 8.03. The number of halogens is 6. The van der Waals surface area contributed by atoms with E-state index in [-0.39, 0.29) is 0 Å². The molecule has 0 spiro atoms. The molecule has 0 unspecified atom stereocenters. The molecule has 0 nitrogen and oxygen atoms in total. The summed E-state index contributed by atoms with van der Waals surface area (Å²) in [5.41, 5.74) is 0. The van der Waals surface area contributed by atoms with Crippen LogP contribution < -0.4 is 0 Å². The summed E-state index contributed by atoms with van der Waals surface area (Å²) in [6.45, 7) is 0. The predicted octanol–water partition coefficient (Wildman–Crippen LogP) is 5.23. The van der Waals surface area contributed by atoms with Crippen molar-refractivity contribution in [3.05, 3.63) is 0 Å². The van der Waals surface area contributed by atoms with Crippen LogP contribution in [0.15, 0.2) is 0 Å². The molecule has 0 aliphatic heterocycles. The van der Waals surface area contributed by atoms with Gasteiger partial charge in [-0.3, -0.25) is 0 Å². The molecule has 0 aliphatic rings. The maximum absolute atomic E-state index is 3.62. The second-order valence-corrected chi connectivity index (χ2v) is 84.4. The Hall–Kier alpha value is 3.97. The van der Waals surface area contributed by atoms with E-state index in [1.54, 1.807) is 0 Å². The summed E-state index contributed by atoms with van der Waals surface area (Å²) < 4.78 is 0. The van der Waals surface area contributed by atoms with E-state index in [2.05, 4.69) is 84.0 Å². The van der Waals surface area contributed by atoms with Crippen molar-refractivity contribution < 1.29 is 0 Å². The molecule has 0 radical (unpaired) electrons. The number of hydrogen-bond donors (Lipinski definition) is 0. The number of hydrogen-bond acceptors (Lipinski definition) is 0. The van der Waals surface area contributed by atoms with E-state index >= 15 is 0 Å². The van der Waals surface area contributed by atoms with Gasteiger partial charge in [0.1, 0.15) is 0 Å². The van der Waals surface area contributed by atoms with Gasteiger partial charge in [0.15, 0.2) is 0 Å². The molecule has 0 bridgehead atoms. The summed E-state index contributed by atoms with van der Waals surface area (Å²) in [6.07, 6.45) is 0. The van der Waals surface area contributed by atoms with Gasteiger partial charge in [0.2, 0.25) is 0 Å². The molecular weight excluding hydrogens is 649 g/mol. The molecule has 8 heteroatoms. The van der Waals surface area contributed by atoms with E-state index in [9.17, 15) is 0 Å². The average molecular weight is 653 g/mol. The fourth-order valence-electron chi connectivity index (χ4n) is 0.283. The van der Waals surface area contributed by atoms with Crippen molar-refractivity contribution in [2.24, 2.45) is 0 Å². The van der Waals surface area contributed by atoms with Crippen LogP contribution in [0.4, 0.5) is 0 Å². The Balaban J connectivity index is 3.56. The van der Waals surface area contributed by atoms with Crippen LogP contribution in [0.3, 0.4) is 0 Å². The Morgan fingerprint density at radius 2 is 0.800 bits per heavy atom. The van der Waals surface area contributed by atoms with Crippen molar-refractivity contribution in [2.75, 3.05) is 0 Å². The Labute approximate surface area is 107 Å². The zero-order chi connectivity index (χ0) is 8.41. The van der Waals surface area contributed by atoms with Crippen molar-refractivity contribution in [2.45, 2.75) is 10.5 Å². The first-order valence-electron chi connectivity index (χ1n) is 2.34. The third-order valence-corrected chi connectivity index (χ3v) is 18.7. The van der Waals surface area contributed by atoms with Crippen molar-refractivity contribution in [3.8, 4) is 0 Å². The van der Waals surface area contributed by atoms with Crippen molar-refractivity contribution >= 4 is 99.5 Å². The zero-order valence-electron chi connectivity index (χ0n) is 4.68. The molecule has 62 valence electrons. The third-order valence-electron chi connectivity index (χ3n) is 0.692. The van der Waals surface area contributed by atoms with E-state index < -0.39 is 15.5 Å². The maximum atomic E-state index is 3.62. The van der Waals surface area contributed by atoms with Gasteiger partial charge in [0.25, 0.3) is 0 Å². The standard InChI is InChI=1S/C2H4Br6Ge2/c3-9(4,5)1-2-10(6,7)8/h1-2H2. The van der Waals surface area contributed by atoms with Gasteiger partial charge >= 0.3 is 110 Å². The second kappa shape index (κ2) is 5.75. The molecular formula is C2H4Br6Ge2. The van der Waals surface area contributed by atoms with Gasteiger partial charge in [-0.15, -0.1) is 0 Å². The van der Waals surface area contributed by atoms with Crippen LogP contribution in [0.2, 0.25) is 10.5 Å². The SMILES string of the molecule is [Br][Ge]([Br])([Br])[CH2][CH2][Ge]([Br])([Br])[Br]. The van der Waals surface area contributed by atoms with E-state index in [1.165, 1.54) is 10.5 Å². The van der Waals surface area contributed by atoms with Gasteiger partial charge in [-0.05, 0) is 0 Å². The monoisotopic (exact) mass is 649 g/mol. The Bertz CT molecular complexity index is 87.3. The average Bonchev–Trinajstić information content (AvgIpc) is 1.57. The fraction of sp³-hybridized carbons (Fsp3) is 1.00. The van der Waals surface area contributed by atoms with Crippen LogP contribution in [-0.2, 0) is 0 Å². The first-order chi connectivity index (χ1) is 4.21. The molecule has 0 aliphatic carbocycles. The minimum atomic E-state index is -1.82. The minimum absolute atomic E-state index is 1.21. The van der Waals surface area contributed by atoms with Crippen LogP contribution >= 0.6 is 84.0 Å². The van der Waals surface area contributed by atoms with Gasteiger partial charge in [0, 0.05) is 0 Å². The normalized spacial score (nSPS) is 13.8. The summed E-state index contributed by atoms with van der Waals surface area (Å²) in [6, 6.07) is 0. The predicted molar refractivity (Wildman–Crippen MR) is 74.7 cm³/mol. The van der Waals surface area contributed by atoms with Gasteiger partial charge < -0.3 is 0 Å². The van der Waals surface area contributed by atoms with Crippen LogP contribution in [0.5, 0.6) is 0 Å². The van der Waals surface area contributed by atoms with Gasteiger partial charge in [-0.1, -0.05) is 0 Å². The molecule has 10 heavy (non-hydrogen) atoms. The van der Waals surface area contributed by atoms with E-state index in [0.29, 0.717) is 0 Å². The molecule has 0 aromatic rings. The van der Waals surface area contributed by atoms with Crippen molar-refractivity contribution in [1.82, 2.24) is 0 Å². The van der Waals surface area contributed by atoms with E-state index in [0.717, 1.165) is 0 Å². The van der Waals surface area contributed by atoms with Crippen molar-refractivity contribution in [1.29, 1.82) is 0 Å². The van der Waals surface area contributed by atoms with Crippen LogP contribution in [0.25, 0.3) is 0 Å². The molecule has 0 heterocycles. The molecule has 0 saturated carbocycles.